The molecule has 32 heavy (non-hydrogen) atoms. The van der Waals surface area contributed by atoms with Gasteiger partial charge in [0.15, 0.2) is 0 Å². The summed E-state index contributed by atoms with van der Waals surface area (Å²) in [6, 6.07) is 14.6. The number of pyridine rings is 1. The van der Waals surface area contributed by atoms with Crippen LogP contribution in [0, 0.1) is 11.3 Å². The van der Waals surface area contributed by atoms with Crippen molar-refractivity contribution in [1.82, 2.24) is 9.88 Å². The van der Waals surface area contributed by atoms with E-state index in [1.807, 2.05) is 34.9 Å². The number of hydrogen-bond acceptors (Lipinski definition) is 6. The van der Waals surface area contributed by atoms with Crippen LogP contribution in [0.5, 0.6) is 5.88 Å². The molecule has 1 atom stereocenters. The zero-order valence-corrected chi connectivity index (χ0v) is 17.4. The predicted molar refractivity (Wildman–Crippen MR) is 109 cm³/mol. The monoisotopic (exact) mass is 465 g/mol. The molecule has 2 saturated heterocycles. The van der Waals surface area contributed by atoms with E-state index in [0.29, 0.717) is 17.0 Å². The lowest BCUT2D eigenvalue weighted by Gasteiger charge is -2.47. The first-order valence-corrected chi connectivity index (χ1v) is 10.4. The standard InChI is InChI=1S/C19H17N3O2S.C2HF3O2/c20-10-14-4-3-5-15(8-14)18(23)22-12-19(13-22)9-16(11-25-19)24-17-6-1-2-7-21-17;3-2(4,5)1(6)7/h1-8,16H,9,11-13H2;(H,6,7). The van der Waals surface area contributed by atoms with Crippen LogP contribution in [-0.2, 0) is 4.79 Å². The van der Waals surface area contributed by atoms with Crippen LogP contribution in [0.15, 0.2) is 48.7 Å². The molecule has 0 aliphatic carbocycles. The maximum atomic E-state index is 12.6. The molecule has 1 spiro atoms. The Balaban J connectivity index is 0.000000360. The number of ether oxygens (including phenoxy) is 1. The lowest BCUT2D eigenvalue weighted by atomic mass is 9.92. The van der Waals surface area contributed by atoms with E-state index in [2.05, 4.69) is 11.1 Å². The Bertz CT molecular complexity index is 1020. The third-order valence-corrected chi connectivity index (χ3v) is 6.40. The van der Waals surface area contributed by atoms with Crippen LogP contribution in [-0.4, -0.2) is 62.7 Å². The van der Waals surface area contributed by atoms with Crippen LogP contribution in [0.2, 0.25) is 0 Å². The number of nitriles is 1. The predicted octanol–water partition coefficient (Wildman–Crippen LogP) is 3.37. The van der Waals surface area contributed by atoms with E-state index in [9.17, 15) is 18.0 Å². The highest BCUT2D eigenvalue weighted by Crippen LogP contribution is 2.46. The van der Waals surface area contributed by atoms with Crippen molar-refractivity contribution in [3.05, 3.63) is 59.8 Å². The smallest absolute Gasteiger partial charge is 0.475 e. The molecule has 168 valence electrons. The number of carboxylic acid groups (broad SMARTS) is 1. The number of alkyl halides is 3. The molecule has 2 aromatic rings. The number of likely N-dealkylation sites (tertiary alicyclic amines) is 1. The van der Waals surface area contributed by atoms with Gasteiger partial charge in [-0.1, -0.05) is 12.1 Å². The number of carboxylic acids is 1. The molecule has 0 radical (unpaired) electrons. The first-order chi connectivity index (χ1) is 15.1. The van der Waals surface area contributed by atoms with Crippen molar-refractivity contribution in [2.24, 2.45) is 0 Å². The molecular formula is C21H18F3N3O4S. The number of benzene rings is 1. The van der Waals surface area contributed by atoms with Crippen LogP contribution < -0.4 is 4.74 Å². The summed E-state index contributed by atoms with van der Waals surface area (Å²) >= 11 is 1.88. The number of carbonyl (C=O) groups is 2. The number of carbonyl (C=O) groups excluding carboxylic acids is 1. The Morgan fingerprint density at radius 2 is 1.97 bits per heavy atom. The van der Waals surface area contributed by atoms with Crippen LogP contribution in [0.25, 0.3) is 0 Å². The number of aliphatic carboxylic acids is 1. The normalized spacial score (nSPS) is 18.7. The minimum Gasteiger partial charge on any atom is -0.475 e. The number of halogens is 3. The average Bonchev–Trinajstić information content (AvgIpc) is 3.17. The van der Waals surface area contributed by atoms with Crippen molar-refractivity contribution in [3.8, 4) is 11.9 Å². The van der Waals surface area contributed by atoms with Gasteiger partial charge in [-0.2, -0.15) is 18.4 Å². The molecule has 2 aliphatic heterocycles. The first-order valence-electron chi connectivity index (χ1n) is 9.43. The molecule has 1 unspecified atom stereocenters. The second kappa shape index (κ2) is 9.48. The quantitative estimate of drug-likeness (QED) is 0.741. The molecule has 1 amide bonds. The summed E-state index contributed by atoms with van der Waals surface area (Å²) in [6.07, 6.45) is -2.29. The molecule has 1 N–H and O–H groups in total. The SMILES string of the molecule is N#Cc1cccc(C(=O)N2CC3(CC(Oc4ccccn4)CS3)C2)c1.O=C(O)C(F)(F)F. The number of aromatic nitrogens is 1. The fourth-order valence-corrected chi connectivity index (χ4v) is 4.91. The minimum atomic E-state index is -5.08. The summed E-state index contributed by atoms with van der Waals surface area (Å²) in [7, 11) is 0. The van der Waals surface area contributed by atoms with Gasteiger partial charge in [0, 0.05) is 43.1 Å². The first kappa shape index (κ1) is 23.4. The number of nitrogens with zero attached hydrogens (tertiary/aromatic N) is 3. The van der Waals surface area contributed by atoms with Gasteiger partial charge in [-0.15, -0.1) is 11.8 Å². The van der Waals surface area contributed by atoms with Gasteiger partial charge in [-0.25, -0.2) is 9.78 Å². The summed E-state index contributed by atoms with van der Waals surface area (Å²) in [5.74, 6) is -1.18. The molecule has 0 saturated carbocycles. The van der Waals surface area contributed by atoms with E-state index in [0.717, 1.165) is 25.3 Å². The van der Waals surface area contributed by atoms with Crippen molar-refractivity contribution in [2.75, 3.05) is 18.8 Å². The number of thioether (sulfide) groups is 1. The van der Waals surface area contributed by atoms with Gasteiger partial charge in [0.25, 0.3) is 5.91 Å². The fraction of sp³-hybridized carbons (Fsp3) is 0.333. The molecular weight excluding hydrogens is 447 g/mol. The van der Waals surface area contributed by atoms with E-state index in [1.165, 1.54) is 0 Å². The Hall–Kier alpha value is -3.26. The molecule has 1 aromatic carbocycles. The van der Waals surface area contributed by atoms with E-state index in [1.54, 1.807) is 30.5 Å². The Morgan fingerprint density at radius 3 is 2.56 bits per heavy atom. The lowest BCUT2D eigenvalue weighted by molar-refractivity contribution is -0.192. The molecule has 3 heterocycles. The van der Waals surface area contributed by atoms with Gasteiger partial charge < -0.3 is 14.7 Å². The van der Waals surface area contributed by atoms with Crippen LogP contribution >= 0.6 is 11.8 Å². The second-order valence-electron chi connectivity index (χ2n) is 7.26. The van der Waals surface area contributed by atoms with E-state index < -0.39 is 12.1 Å². The lowest BCUT2D eigenvalue weighted by Crippen LogP contribution is -2.60. The minimum absolute atomic E-state index is 0.00239. The van der Waals surface area contributed by atoms with Crippen LogP contribution in [0.3, 0.4) is 0 Å². The van der Waals surface area contributed by atoms with Gasteiger partial charge in [-0.3, -0.25) is 4.79 Å². The third-order valence-electron chi connectivity index (χ3n) is 4.83. The summed E-state index contributed by atoms with van der Waals surface area (Å²) in [4.78, 5) is 27.5. The molecule has 7 nitrogen and oxygen atoms in total. The Morgan fingerprint density at radius 1 is 1.25 bits per heavy atom. The largest absolute Gasteiger partial charge is 0.490 e. The number of rotatable bonds is 3. The molecule has 1 aromatic heterocycles. The summed E-state index contributed by atoms with van der Waals surface area (Å²) in [5, 5.41) is 16.1. The molecule has 4 rings (SSSR count). The maximum Gasteiger partial charge on any atom is 0.490 e. The topological polar surface area (TPSA) is 104 Å². The molecule has 11 heteroatoms. The Labute approximate surface area is 185 Å². The van der Waals surface area contributed by atoms with Gasteiger partial charge in [-0.05, 0) is 24.3 Å². The van der Waals surface area contributed by atoms with Crippen molar-refractivity contribution < 1.29 is 32.6 Å². The maximum absolute atomic E-state index is 12.6. The summed E-state index contributed by atoms with van der Waals surface area (Å²) in [5.41, 5.74) is 1.10. The van der Waals surface area contributed by atoms with Crippen LogP contribution in [0.4, 0.5) is 13.2 Å². The van der Waals surface area contributed by atoms with Crippen molar-refractivity contribution in [1.29, 1.82) is 5.26 Å². The highest BCUT2D eigenvalue weighted by atomic mass is 32.2. The zero-order chi connectivity index (χ0) is 23.4. The van der Waals surface area contributed by atoms with Gasteiger partial charge in [0.05, 0.1) is 16.4 Å². The Kier molecular flexibility index (Phi) is 6.93. The van der Waals surface area contributed by atoms with E-state index in [-0.39, 0.29) is 16.8 Å². The summed E-state index contributed by atoms with van der Waals surface area (Å²) < 4.78 is 37.8. The van der Waals surface area contributed by atoms with Gasteiger partial charge in [0.2, 0.25) is 5.88 Å². The number of hydrogen-bond donors (Lipinski definition) is 1. The van der Waals surface area contributed by atoms with Gasteiger partial charge in [0.1, 0.15) is 6.10 Å². The molecule has 2 fully saturated rings. The van der Waals surface area contributed by atoms with Crippen molar-refractivity contribution >= 4 is 23.6 Å². The van der Waals surface area contributed by atoms with Crippen LogP contribution in [0.1, 0.15) is 22.3 Å². The molecule has 2 aliphatic rings. The summed E-state index contributed by atoms with van der Waals surface area (Å²) in [6.45, 7) is 1.46. The second-order valence-corrected chi connectivity index (χ2v) is 8.75. The van der Waals surface area contributed by atoms with Gasteiger partial charge >= 0.3 is 12.1 Å². The average molecular weight is 465 g/mol. The highest BCUT2D eigenvalue weighted by Gasteiger charge is 2.51. The van der Waals surface area contributed by atoms with Crippen molar-refractivity contribution in [3.63, 3.8) is 0 Å². The zero-order valence-electron chi connectivity index (χ0n) is 16.6. The van der Waals surface area contributed by atoms with Crippen molar-refractivity contribution in [2.45, 2.75) is 23.4 Å². The van der Waals surface area contributed by atoms with E-state index in [4.69, 9.17) is 19.9 Å². The molecule has 0 bridgehead atoms. The third kappa shape index (κ3) is 5.70. The number of amides is 1. The highest BCUT2D eigenvalue weighted by molar-refractivity contribution is 8.01. The fourth-order valence-electron chi connectivity index (χ4n) is 3.38. The van der Waals surface area contributed by atoms with E-state index >= 15 is 0 Å².